The summed E-state index contributed by atoms with van der Waals surface area (Å²) >= 11 is 0. The maximum atomic E-state index is 14.3. The van der Waals surface area contributed by atoms with Crippen molar-refractivity contribution in [3.05, 3.63) is 47.8 Å². The molecule has 1 fully saturated rings. The van der Waals surface area contributed by atoms with Crippen LogP contribution >= 0.6 is 0 Å². The second-order valence-corrected chi connectivity index (χ2v) is 5.55. The summed E-state index contributed by atoms with van der Waals surface area (Å²) in [5, 5.41) is 3.40. The fraction of sp³-hybridized carbons (Fsp3) is 0.438. The monoisotopic (exact) mass is 273 g/mol. The van der Waals surface area contributed by atoms with Crippen LogP contribution in [-0.2, 0) is 6.42 Å². The van der Waals surface area contributed by atoms with Crippen molar-refractivity contribution in [3.8, 4) is 5.69 Å². The maximum absolute atomic E-state index is 14.3. The molecule has 106 valence electrons. The lowest BCUT2D eigenvalue weighted by Crippen LogP contribution is -2.30. The average molecular weight is 273 g/mol. The van der Waals surface area contributed by atoms with Gasteiger partial charge >= 0.3 is 0 Å². The van der Waals surface area contributed by atoms with Crippen LogP contribution in [0.5, 0.6) is 0 Å². The zero-order chi connectivity index (χ0) is 13.9. The lowest BCUT2D eigenvalue weighted by molar-refractivity contribution is 0.375. The molecule has 0 spiro atoms. The minimum Gasteiger partial charge on any atom is -0.316 e. The SMILES string of the molecule is Cc1nccn1-c1ccc(CC2CCCNC2)cc1F. The minimum atomic E-state index is -0.174. The quantitative estimate of drug-likeness (QED) is 0.932. The van der Waals surface area contributed by atoms with E-state index in [1.54, 1.807) is 23.0 Å². The van der Waals surface area contributed by atoms with E-state index in [9.17, 15) is 4.39 Å². The van der Waals surface area contributed by atoms with Gasteiger partial charge in [-0.15, -0.1) is 0 Å². The number of imidazole rings is 1. The predicted octanol–water partition coefficient (Wildman–Crippen LogP) is 2.86. The van der Waals surface area contributed by atoms with Crippen LogP contribution < -0.4 is 5.32 Å². The van der Waals surface area contributed by atoms with E-state index >= 15 is 0 Å². The van der Waals surface area contributed by atoms with Gasteiger partial charge in [-0.25, -0.2) is 9.37 Å². The molecule has 0 saturated carbocycles. The Balaban J connectivity index is 1.79. The molecule has 20 heavy (non-hydrogen) atoms. The summed E-state index contributed by atoms with van der Waals surface area (Å²) in [5.74, 6) is 1.25. The molecule has 1 atom stereocenters. The lowest BCUT2D eigenvalue weighted by Gasteiger charge is -2.22. The standard InChI is InChI=1S/C16H20FN3/c1-12-19-7-8-20(12)16-5-4-13(10-15(16)17)9-14-3-2-6-18-11-14/h4-5,7-8,10,14,18H,2-3,6,9,11H2,1H3. The van der Waals surface area contributed by atoms with Crippen LogP contribution in [0.25, 0.3) is 5.69 Å². The van der Waals surface area contributed by atoms with Crippen molar-refractivity contribution in [3.63, 3.8) is 0 Å². The molecule has 0 bridgehead atoms. The Bertz CT molecular complexity index is 585. The van der Waals surface area contributed by atoms with Crippen LogP contribution in [0.2, 0.25) is 0 Å². The van der Waals surface area contributed by atoms with E-state index in [0.29, 0.717) is 11.6 Å². The number of hydrogen-bond donors (Lipinski definition) is 1. The number of aryl methyl sites for hydroxylation is 1. The summed E-state index contributed by atoms with van der Waals surface area (Å²) in [7, 11) is 0. The third-order valence-electron chi connectivity index (χ3n) is 4.02. The molecule has 4 heteroatoms. The number of hydrogen-bond acceptors (Lipinski definition) is 2. The van der Waals surface area contributed by atoms with Gasteiger partial charge in [0.15, 0.2) is 0 Å². The number of nitrogens with zero attached hydrogens (tertiary/aromatic N) is 2. The van der Waals surface area contributed by atoms with E-state index in [4.69, 9.17) is 0 Å². The Morgan fingerprint density at radius 2 is 2.35 bits per heavy atom. The first-order chi connectivity index (χ1) is 9.74. The van der Waals surface area contributed by atoms with Gasteiger partial charge in [0.25, 0.3) is 0 Å². The molecule has 1 aliphatic rings. The highest BCUT2D eigenvalue weighted by Crippen LogP contribution is 2.21. The number of halogens is 1. The van der Waals surface area contributed by atoms with Gasteiger partial charge in [-0.3, -0.25) is 0 Å². The number of piperidine rings is 1. The first kappa shape index (κ1) is 13.3. The molecule has 2 heterocycles. The number of benzene rings is 1. The topological polar surface area (TPSA) is 29.9 Å². The molecule has 3 rings (SSSR count). The lowest BCUT2D eigenvalue weighted by atomic mass is 9.92. The molecular formula is C16H20FN3. The Morgan fingerprint density at radius 3 is 3.00 bits per heavy atom. The van der Waals surface area contributed by atoms with E-state index < -0.39 is 0 Å². The maximum Gasteiger partial charge on any atom is 0.147 e. The van der Waals surface area contributed by atoms with Crippen LogP contribution in [0.1, 0.15) is 24.2 Å². The van der Waals surface area contributed by atoms with Gasteiger partial charge in [0.2, 0.25) is 0 Å². The average Bonchev–Trinajstić information content (AvgIpc) is 2.86. The van der Waals surface area contributed by atoms with Crippen molar-refractivity contribution < 1.29 is 4.39 Å². The number of nitrogens with one attached hydrogen (secondary N) is 1. The largest absolute Gasteiger partial charge is 0.316 e. The van der Waals surface area contributed by atoms with Gasteiger partial charge in [0, 0.05) is 12.4 Å². The molecule has 1 N–H and O–H groups in total. The third-order valence-corrected chi connectivity index (χ3v) is 4.02. The zero-order valence-corrected chi connectivity index (χ0v) is 11.8. The normalized spacial score (nSPS) is 19.2. The number of aromatic nitrogens is 2. The van der Waals surface area contributed by atoms with E-state index in [0.717, 1.165) is 30.9 Å². The molecule has 0 radical (unpaired) electrons. The fourth-order valence-corrected chi connectivity index (χ4v) is 2.94. The van der Waals surface area contributed by atoms with Crippen LogP contribution in [0.15, 0.2) is 30.6 Å². The van der Waals surface area contributed by atoms with E-state index in [1.165, 1.54) is 12.8 Å². The third kappa shape index (κ3) is 2.75. The van der Waals surface area contributed by atoms with Crippen LogP contribution in [0, 0.1) is 18.7 Å². The summed E-state index contributed by atoms with van der Waals surface area (Å²) in [6.07, 6.45) is 6.89. The molecule has 1 aliphatic heterocycles. The highest BCUT2D eigenvalue weighted by Gasteiger charge is 2.15. The van der Waals surface area contributed by atoms with Crippen molar-refractivity contribution in [1.29, 1.82) is 0 Å². The summed E-state index contributed by atoms with van der Waals surface area (Å²) in [6, 6.07) is 5.56. The van der Waals surface area contributed by atoms with Crippen LogP contribution in [0.4, 0.5) is 4.39 Å². The molecule has 1 aromatic carbocycles. The zero-order valence-electron chi connectivity index (χ0n) is 11.8. The van der Waals surface area contributed by atoms with Gasteiger partial charge in [0.05, 0.1) is 5.69 Å². The summed E-state index contributed by atoms with van der Waals surface area (Å²) in [5.41, 5.74) is 1.66. The van der Waals surface area contributed by atoms with E-state index in [-0.39, 0.29) is 5.82 Å². The Morgan fingerprint density at radius 1 is 1.45 bits per heavy atom. The van der Waals surface area contributed by atoms with Crippen molar-refractivity contribution in [1.82, 2.24) is 14.9 Å². The van der Waals surface area contributed by atoms with Crippen LogP contribution in [-0.4, -0.2) is 22.6 Å². The minimum absolute atomic E-state index is 0.174. The van der Waals surface area contributed by atoms with Crippen molar-refractivity contribution in [2.75, 3.05) is 13.1 Å². The second kappa shape index (κ2) is 5.75. The molecule has 3 nitrogen and oxygen atoms in total. The second-order valence-electron chi connectivity index (χ2n) is 5.55. The molecule has 1 unspecified atom stereocenters. The van der Waals surface area contributed by atoms with Gasteiger partial charge < -0.3 is 9.88 Å². The number of rotatable bonds is 3. The molecular weight excluding hydrogens is 253 g/mol. The Kier molecular flexibility index (Phi) is 3.83. The predicted molar refractivity (Wildman–Crippen MR) is 77.6 cm³/mol. The van der Waals surface area contributed by atoms with Crippen molar-refractivity contribution >= 4 is 0 Å². The first-order valence-electron chi connectivity index (χ1n) is 7.23. The highest BCUT2D eigenvalue weighted by molar-refractivity contribution is 5.37. The van der Waals surface area contributed by atoms with Gasteiger partial charge in [-0.05, 0) is 62.9 Å². The van der Waals surface area contributed by atoms with Crippen LogP contribution in [0.3, 0.4) is 0 Å². The fourth-order valence-electron chi connectivity index (χ4n) is 2.94. The smallest absolute Gasteiger partial charge is 0.147 e. The first-order valence-corrected chi connectivity index (χ1v) is 7.23. The summed E-state index contributed by atoms with van der Waals surface area (Å²) in [4.78, 5) is 4.14. The summed E-state index contributed by atoms with van der Waals surface area (Å²) < 4.78 is 16.1. The van der Waals surface area contributed by atoms with Gasteiger partial charge in [-0.2, -0.15) is 0 Å². The van der Waals surface area contributed by atoms with Crippen molar-refractivity contribution in [2.45, 2.75) is 26.2 Å². The van der Waals surface area contributed by atoms with Gasteiger partial charge in [-0.1, -0.05) is 6.07 Å². The van der Waals surface area contributed by atoms with Crippen molar-refractivity contribution in [2.24, 2.45) is 5.92 Å². The molecule has 2 aromatic rings. The van der Waals surface area contributed by atoms with Gasteiger partial charge in [0.1, 0.15) is 11.6 Å². The Hall–Kier alpha value is -1.68. The Labute approximate surface area is 118 Å². The molecule has 0 amide bonds. The molecule has 1 saturated heterocycles. The molecule has 1 aromatic heterocycles. The molecule has 0 aliphatic carbocycles. The summed E-state index contributed by atoms with van der Waals surface area (Å²) in [6.45, 7) is 4.04. The van der Waals surface area contributed by atoms with E-state index in [1.807, 2.05) is 19.1 Å². The highest BCUT2D eigenvalue weighted by atomic mass is 19.1. The van der Waals surface area contributed by atoms with E-state index in [2.05, 4.69) is 10.3 Å².